The van der Waals surface area contributed by atoms with Crippen molar-refractivity contribution in [3.63, 3.8) is 0 Å². The third-order valence-electron chi connectivity index (χ3n) is 5.76. The minimum Gasteiger partial charge on any atom is -0.307 e. The van der Waals surface area contributed by atoms with Crippen molar-refractivity contribution < 1.29 is 0 Å². The molecule has 1 saturated carbocycles. The first-order chi connectivity index (χ1) is 11.7. The molecule has 1 aliphatic heterocycles. The van der Waals surface area contributed by atoms with Crippen LogP contribution in [0.4, 0.5) is 0 Å². The Bertz CT molecular complexity index is 706. The fourth-order valence-electron chi connectivity index (χ4n) is 3.82. The standard InChI is InChI=1S/C21H27N3/c1-15-8-9-17(12-16(15)2)20-18(14-23-24-20)13-22-21(10-11-21)19-6-4-3-5-7-19/h3-9,12,18,20,22-24H,10-11,13-14H2,1-2H3. The molecule has 3 nitrogen and oxygen atoms in total. The van der Waals surface area contributed by atoms with Crippen molar-refractivity contribution in [2.75, 3.05) is 13.1 Å². The van der Waals surface area contributed by atoms with Crippen LogP contribution in [0.1, 0.15) is 41.1 Å². The van der Waals surface area contributed by atoms with E-state index >= 15 is 0 Å². The highest BCUT2D eigenvalue weighted by atomic mass is 15.4. The summed E-state index contributed by atoms with van der Waals surface area (Å²) in [6, 6.07) is 18.1. The third kappa shape index (κ3) is 3.00. The Morgan fingerprint density at radius 1 is 1.04 bits per heavy atom. The largest absolute Gasteiger partial charge is 0.307 e. The van der Waals surface area contributed by atoms with Crippen molar-refractivity contribution in [1.82, 2.24) is 16.2 Å². The van der Waals surface area contributed by atoms with Crippen LogP contribution in [-0.4, -0.2) is 13.1 Å². The maximum atomic E-state index is 3.87. The second kappa shape index (κ2) is 6.32. The Kier molecular flexibility index (Phi) is 4.17. The Morgan fingerprint density at radius 3 is 2.54 bits per heavy atom. The molecule has 2 unspecified atom stereocenters. The Hall–Kier alpha value is -1.68. The van der Waals surface area contributed by atoms with E-state index in [9.17, 15) is 0 Å². The fraction of sp³-hybridized carbons (Fsp3) is 0.429. The van der Waals surface area contributed by atoms with E-state index < -0.39 is 0 Å². The lowest BCUT2D eigenvalue weighted by atomic mass is 9.92. The van der Waals surface area contributed by atoms with Gasteiger partial charge < -0.3 is 5.32 Å². The summed E-state index contributed by atoms with van der Waals surface area (Å²) in [4.78, 5) is 0. The number of nitrogens with one attached hydrogen (secondary N) is 3. The molecular formula is C21H27N3. The van der Waals surface area contributed by atoms with Gasteiger partial charge in [-0.2, -0.15) is 0 Å². The van der Waals surface area contributed by atoms with E-state index in [1.165, 1.54) is 35.1 Å². The molecule has 1 aliphatic carbocycles. The number of benzene rings is 2. The number of hydrogen-bond acceptors (Lipinski definition) is 3. The van der Waals surface area contributed by atoms with Crippen molar-refractivity contribution in [2.45, 2.75) is 38.3 Å². The molecular weight excluding hydrogens is 294 g/mol. The molecule has 3 heteroatoms. The zero-order valence-corrected chi connectivity index (χ0v) is 14.6. The van der Waals surface area contributed by atoms with Gasteiger partial charge >= 0.3 is 0 Å². The van der Waals surface area contributed by atoms with Gasteiger partial charge in [-0.25, -0.2) is 5.43 Å². The molecule has 2 atom stereocenters. The van der Waals surface area contributed by atoms with Gasteiger partial charge in [0, 0.05) is 24.5 Å². The quantitative estimate of drug-likeness (QED) is 0.790. The van der Waals surface area contributed by atoms with E-state index in [2.05, 4.69) is 78.5 Å². The first-order valence-corrected chi connectivity index (χ1v) is 9.04. The molecule has 0 radical (unpaired) electrons. The second-order valence-corrected chi connectivity index (χ2v) is 7.44. The lowest BCUT2D eigenvalue weighted by molar-refractivity contribution is 0.400. The van der Waals surface area contributed by atoms with Gasteiger partial charge in [-0.1, -0.05) is 48.5 Å². The number of aryl methyl sites for hydroxylation is 2. The highest BCUT2D eigenvalue weighted by Crippen LogP contribution is 2.45. The molecule has 2 fully saturated rings. The van der Waals surface area contributed by atoms with Gasteiger partial charge in [-0.15, -0.1) is 0 Å². The summed E-state index contributed by atoms with van der Waals surface area (Å²) in [6.45, 7) is 6.42. The van der Waals surface area contributed by atoms with Gasteiger partial charge in [-0.05, 0) is 48.9 Å². The van der Waals surface area contributed by atoms with E-state index in [0.29, 0.717) is 12.0 Å². The molecule has 0 amide bonds. The van der Waals surface area contributed by atoms with Crippen molar-refractivity contribution in [3.8, 4) is 0 Å². The normalized spacial score (nSPS) is 24.9. The predicted octanol–water partition coefficient (Wildman–Crippen LogP) is 3.35. The summed E-state index contributed by atoms with van der Waals surface area (Å²) in [5, 5.41) is 3.87. The van der Waals surface area contributed by atoms with Gasteiger partial charge in [0.05, 0.1) is 6.04 Å². The predicted molar refractivity (Wildman–Crippen MR) is 98.6 cm³/mol. The molecule has 4 rings (SSSR count). The van der Waals surface area contributed by atoms with Crippen LogP contribution in [0.5, 0.6) is 0 Å². The highest BCUT2D eigenvalue weighted by molar-refractivity contribution is 5.33. The molecule has 0 aromatic heterocycles. The van der Waals surface area contributed by atoms with E-state index in [1.807, 2.05) is 0 Å². The van der Waals surface area contributed by atoms with Crippen LogP contribution in [0, 0.1) is 19.8 Å². The van der Waals surface area contributed by atoms with Crippen LogP contribution in [0.2, 0.25) is 0 Å². The average Bonchev–Trinajstić information content (AvgIpc) is 3.26. The highest BCUT2D eigenvalue weighted by Gasteiger charge is 2.44. The van der Waals surface area contributed by atoms with Gasteiger partial charge in [-0.3, -0.25) is 5.43 Å². The Morgan fingerprint density at radius 2 is 1.83 bits per heavy atom. The van der Waals surface area contributed by atoms with E-state index in [1.54, 1.807) is 0 Å². The molecule has 24 heavy (non-hydrogen) atoms. The van der Waals surface area contributed by atoms with Crippen LogP contribution in [0.15, 0.2) is 48.5 Å². The minimum absolute atomic E-state index is 0.220. The van der Waals surface area contributed by atoms with Crippen LogP contribution < -0.4 is 16.2 Å². The topological polar surface area (TPSA) is 36.1 Å². The summed E-state index contributed by atoms with van der Waals surface area (Å²) in [6.07, 6.45) is 2.50. The van der Waals surface area contributed by atoms with Gasteiger partial charge in [0.2, 0.25) is 0 Å². The van der Waals surface area contributed by atoms with Crippen molar-refractivity contribution in [2.24, 2.45) is 5.92 Å². The molecule has 2 aromatic carbocycles. The van der Waals surface area contributed by atoms with E-state index in [-0.39, 0.29) is 5.54 Å². The summed E-state index contributed by atoms with van der Waals surface area (Å²) in [5.41, 5.74) is 12.6. The number of rotatable bonds is 5. The minimum atomic E-state index is 0.220. The number of hydrazine groups is 1. The van der Waals surface area contributed by atoms with Gasteiger partial charge in [0.1, 0.15) is 0 Å². The first-order valence-electron chi connectivity index (χ1n) is 9.04. The molecule has 126 valence electrons. The lowest BCUT2D eigenvalue weighted by Crippen LogP contribution is -2.36. The van der Waals surface area contributed by atoms with Crippen LogP contribution in [0.3, 0.4) is 0 Å². The summed E-state index contributed by atoms with van der Waals surface area (Å²) < 4.78 is 0. The molecule has 1 heterocycles. The monoisotopic (exact) mass is 321 g/mol. The zero-order valence-electron chi connectivity index (χ0n) is 14.6. The third-order valence-corrected chi connectivity index (χ3v) is 5.76. The van der Waals surface area contributed by atoms with Crippen LogP contribution in [-0.2, 0) is 5.54 Å². The Labute approximate surface area is 144 Å². The molecule has 3 N–H and O–H groups in total. The van der Waals surface area contributed by atoms with E-state index in [0.717, 1.165) is 13.1 Å². The van der Waals surface area contributed by atoms with Crippen LogP contribution >= 0.6 is 0 Å². The maximum Gasteiger partial charge on any atom is 0.0515 e. The van der Waals surface area contributed by atoms with Crippen molar-refractivity contribution >= 4 is 0 Å². The van der Waals surface area contributed by atoms with Crippen LogP contribution in [0.25, 0.3) is 0 Å². The SMILES string of the molecule is Cc1ccc(C2NNCC2CNC2(c3ccccc3)CC2)cc1C. The summed E-state index contributed by atoms with van der Waals surface area (Å²) in [5.74, 6) is 0.563. The zero-order chi connectivity index (χ0) is 16.6. The second-order valence-electron chi connectivity index (χ2n) is 7.44. The van der Waals surface area contributed by atoms with Crippen molar-refractivity contribution in [1.29, 1.82) is 0 Å². The molecule has 2 aromatic rings. The van der Waals surface area contributed by atoms with Gasteiger partial charge in [0.15, 0.2) is 0 Å². The number of hydrogen-bond donors (Lipinski definition) is 3. The molecule has 0 spiro atoms. The smallest absolute Gasteiger partial charge is 0.0515 e. The van der Waals surface area contributed by atoms with Gasteiger partial charge in [0.25, 0.3) is 0 Å². The summed E-state index contributed by atoms with van der Waals surface area (Å²) >= 11 is 0. The Balaban J connectivity index is 1.45. The fourth-order valence-corrected chi connectivity index (χ4v) is 3.82. The van der Waals surface area contributed by atoms with Crippen molar-refractivity contribution in [3.05, 3.63) is 70.8 Å². The molecule has 0 bridgehead atoms. The molecule has 1 saturated heterocycles. The lowest BCUT2D eigenvalue weighted by Gasteiger charge is -2.24. The molecule has 2 aliphatic rings. The van der Waals surface area contributed by atoms with E-state index in [4.69, 9.17) is 0 Å². The average molecular weight is 321 g/mol. The first kappa shape index (κ1) is 15.8. The maximum absolute atomic E-state index is 3.87. The summed E-state index contributed by atoms with van der Waals surface area (Å²) in [7, 11) is 0.